The molecule has 4 heteroatoms. The molecule has 0 fully saturated rings. The highest BCUT2D eigenvalue weighted by Crippen LogP contribution is 2.45. The van der Waals surface area contributed by atoms with E-state index < -0.39 is 0 Å². The summed E-state index contributed by atoms with van der Waals surface area (Å²) in [5.41, 5.74) is 15.5. The molecule has 0 saturated carbocycles. The zero-order valence-corrected chi connectivity index (χ0v) is 26.6. The van der Waals surface area contributed by atoms with Crippen molar-refractivity contribution in [3.05, 3.63) is 163 Å². The molecule has 2 aromatic heterocycles. The van der Waals surface area contributed by atoms with Crippen LogP contribution in [0.25, 0.3) is 82.1 Å². The summed E-state index contributed by atoms with van der Waals surface area (Å²) in [6.07, 6.45) is 0. The fraction of sp³-hybridized carbons (Fsp3) is 0.0222. The molecule has 2 N–H and O–H groups in total. The lowest BCUT2D eigenvalue weighted by Gasteiger charge is -2.14. The summed E-state index contributed by atoms with van der Waals surface area (Å²) in [6.45, 7) is 0.351. The van der Waals surface area contributed by atoms with Gasteiger partial charge in [-0.05, 0) is 75.1 Å². The number of hydrogen-bond acceptors (Lipinski definition) is 3. The first-order valence-corrected chi connectivity index (χ1v) is 16.6. The first-order chi connectivity index (χ1) is 24.2. The molecule has 0 radical (unpaired) electrons. The molecule has 232 valence electrons. The number of furan rings is 1. The van der Waals surface area contributed by atoms with Crippen molar-refractivity contribution < 1.29 is 9.15 Å². The lowest BCUT2D eigenvalue weighted by Crippen LogP contribution is -2.01. The number of benzene rings is 8. The maximum absolute atomic E-state index is 6.87. The van der Waals surface area contributed by atoms with Crippen LogP contribution in [-0.2, 0) is 6.61 Å². The van der Waals surface area contributed by atoms with E-state index in [1.54, 1.807) is 0 Å². The molecule has 0 unspecified atom stereocenters. The third-order valence-electron chi connectivity index (χ3n) is 9.80. The smallest absolute Gasteiger partial charge is 0.154 e. The van der Waals surface area contributed by atoms with Gasteiger partial charge in [0.25, 0.3) is 0 Å². The third kappa shape index (κ3) is 4.38. The quantitative estimate of drug-likeness (QED) is 0.193. The van der Waals surface area contributed by atoms with E-state index in [1.807, 2.05) is 24.3 Å². The number of nitrogens with two attached hydrogens (primary N) is 1. The standard InChI is InChI=1S/C45H30N2O2/c46-39-26-38(33-19-18-29-9-1-3-11-31(29)24-33)44-43(37-14-6-8-16-42(37)49-44)45(39)48-27-28-17-22-36-35-13-5-7-15-40(35)47(41(36)23-28)34-21-20-30-10-2-4-12-32(30)25-34/h1-26H,27,46H2. The van der Waals surface area contributed by atoms with Gasteiger partial charge in [-0.25, -0.2) is 0 Å². The summed E-state index contributed by atoms with van der Waals surface area (Å²) in [5.74, 6) is 0.639. The van der Waals surface area contributed by atoms with Crippen molar-refractivity contribution in [3.8, 4) is 22.6 Å². The van der Waals surface area contributed by atoms with Crippen LogP contribution >= 0.6 is 0 Å². The highest BCUT2D eigenvalue weighted by molar-refractivity contribution is 6.15. The van der Waals surface area contributed by atoms with Gasteiger partial charge in [0.15, 0.2) is 5.75 Å². The maximum atomic E-state index is 6.87. The van der Waals surface area contributed by atoms with Gasteiger partial charge in [0.1, 0.15) is 17.8 Å². The van der Waals surface area contributed by atoms with E-state index in [4.69, 9.17) is 14.9 Å². The van der Waals surface area contributed by atoms with Crippen LogP contribution in [0.5, 0.6) is 5.75 Å². The Kier molecular flexibility index (Phi) is 6.06. The van der Waals surface area contributed by atoms with Crippen LogP contribution in [0.2, 0.25) is 0 Å². The Morgan fingerprint density at radius 1 is 0.551 bits per heavy atom. The number of aromatic nitrogens is 1. The monoisotopic (exact) mass is 630 g/mol. The zero-order valence-electron chi connectivity index (χ0n) is 26.6. The maximum Gasteiger partial charge on any atom is 0.154 e. The molecule has 0 aliphatic carbocycles. The average molecular weight is 631 g/mol. The summed E-state index contributed by atoms with van der Waals surface area (Å²) in [4.78, 5) is 0. The molecular weight excluding hydrogens is 601 g/mol. The second-order valence-corrected chi connectivity index (χ2v) is 12.7. The van der Waals surface area contributed by atoms with E-state index in [2.05, 4.69) is 138 Å². The molecule has 0 spiro atoms. The predicted molar refractivity (Wildman–Crippen MR) is 204 cm³/mol. The molecule has 0 saturated heterocycles. The van der Waals surface area contributed by atoms with Crippen molar-refractivity contribution in [1.29, 1.82) is 0 Å². The van der Waals surface area contributed by atoms with Crippen molar-refractivity contribution in [3.63, 3.8) is 0 Å². The minimum Gasteiger partial charge on any atom is -0.486 e. The topological polar surface area (TPSA) is 53.3 Å². The first kappa shape index (κ1) is 27.6. The van der Waals surface area contributed by atoms with E-state index in [9.17, 15) is 0 Å². The highest BCUT2D eigenvalue weighted by atomic mass is 16.5. The normalized spacial score (nSPS) is 11.8. The van der Waals surface area contributed by atoms with Gasteiger partial charge in [-0.1, -0.05) is 115 Å². The average Bonchev–Trinajstić information content (AvgIpc) is 3.70. The molecule has 0 bridgehead atoms. The molecule has 10 aromatic rings. The van der Waals surface area contributed by atoms with Crippen LogP contribution < -0.4 is 10.5 Å². The molecular formula is C45H30N2O2. The van der Waals surface area contributed by atoms with E-state index in [-0.39, 0.29) is 0 Å². The van der Waals surface area contributed by atoms with Crippen molar-refractivity contribution in [1.82, 2.24) is 4.57 Å². The number of ether oxygens (including phenoxy) is 1. The van der Waals surface area contributed by atoms with Crippen molar-refractivity contribution in [2.45, 2.75) is 6.61 Å². The lowest BCUT2D eigenvalue weighted by atomic mass is 9.98. The Bertz CT molecular complexity index is 2910. The fourth-order valence-electron chi connectivity index (χ4n) is 7.47. The van der Waals surface area contributed by atoms with Gasteiger partial charge in [0.2, 0.25) is 0 Å². The lowest BCUT2D eigenvalue weighted by molar-refractivity contribution is 0.312. The summed E-state index contributed by atoms with van der Waals surface area (Å²) < 4.78 is 15.6. The Morgan fingerprint density at radius 3 is 2.06 bits per heavy atom. The minimum absolute atomic E-state index is 0.351. The summed E-state index contributed by atoms with van der Waals surface area (Å²) in [6, 6.07) is 55.3. The van der Waals surface area contributed by atoms with Gasteiger partial charge in [-0.2, -0.15) is 0 Å². The highest BCUT2D eigenvalue weighted by Gasteiger charge is 2.21. The molecule has 0 amide bonds. The van der Waals surface area contributed by atoms with Gasteiger partial charge < -0.3 is 19.5 Å². The molecule has 4 nitrogen and oxygen atoms in total. The predicted octanol–water partition coefficient (Wildman–Crippen LogP) is 11.8. The van der Waals surface area contributed by atoms with Crippen molar-refractivity contribution in [2.75, 3.05) is 5.73 Å². The summed E-state index contributed by atoms with van der Waals surface area (Å²) in [5, 5.41) is 9.09. The van der Waals surface area contributed by atoms with Gasteiger partial charge >= 0.3 is 0 Å². The molecule has 0 aliphatic heterocycles. The van der Waals surface area contributed by atoms with Crippen LogP contribution in [0.3, 0.4) is 0 Å². The number of fused-ring (bicyclic) bond motifs is 8. The van der Waals surface area contributed by atoms with E-state index in [1.165, 1.54) is 37.8 Å². The third-order valence-corrected chi connectivity index (χ3v) is 9.80. The Hall–Kier alpha value is -6.52. The second-order valence-electron chi connectivity index (χ2n) is 12.7. The number of para-hydroxylation sites is 2. The van der Waals surface area contributed by atoms with Crippen molar-refractivity contribution in [2.24, 2.45) is 0 Å². The molecule has 2 heterocycles. The molecule has 0 aliphatic rings. The van der Waals surface area contributed by atoms with Gasteiger partial charge in [0.05, 0.1) is 22.1 Å². The largest absolute Gasteiger partial charge is 0.486 e. The summed E-state index contributed by atoms with van der Waals surface area (Å²) >= 11 is 0. The Morgan fingerprint density at radius 2 is 1.22 bits per heavy atom. The number of anilines is 1. The number of nitrogen functional groups attached to an aromatic ring is 1. The molecule has 49 heavy (non-hydrogen) atoms. The molecule has 10 rings (SSSR count). The summed E-state index contributed by atoms with van der Waals surface area (Å²) in [7, 11) is 0. The SMILES string of the molecule is Nc1cc(-c2ccc3ccccc3c2)c2oc3ccccc3c2c1OCc1ccc2c3ccccc3n(-c3ccc4ccccc4c3)c2c1. The van der Waals surface area contributed by atoms with Crippen molar-refractivity contribution >= 4 is 71.0 Å². The zero-order chi connectivity index (χ0) is 32.5. The molecule has 0 atom stereocenters. The van der Waals surface area contributed by atoms with Gasteiger partial charge in [-0.15, -0.1) is 0 Å². The van der Waals surface area contributed by atoms with Crippen LogP contribution in [0, 0.1) is 0 Å². The fourth-order valence-corrected chi connectivity index (χ4v) is 7.47. The van der Waals surface area contributed by atoms with E-state index in [0.29, 0.717) is 18.0 Å². The second kappa shape index (κ2) is 10.8. The van der Waals surface area contributed by atoms with Crippen LogP contribution in [0.15, 0.2) is 162 Å². The molecule has 8 aromatic carbocycles. The van der Waals surface area contributed by atoms with Crippen LogP contribution in [0.1, 0.15) is 5.56 Å². The van der Waals surface area contributed by atoms with E-state index >= 15 is 0 Å². The number of nitrogens with zero attached hydrogens (tertiary/aromatic N) is 1. The Balaban J connectivity index is 1.10. The first-order valence-electron chi connectivity index (χ1n) is 16.6. The van der Waals surface area contributed by atoms with E-state index in [0.717, 1.165) is 49.8 Å². The van der Waals surface area contributed by atoms with Gasteiger partial charge in [-0.3, -0.25) is 0 Å². The minimum atomic E-state index is 0.351. The van der Waals surface area contributed by atoms with Crippen LogP contribution in [0.4, 0.5) is 5.69 Å². The van der Waals surface area contributed by atoms with Gasteiger partial charge in [0, 0.05) is 27.4 Å². The van der Waals surface area contributed by atoms with Crippen LogP contribution in [-0.4, -0.2) is 4.57 Å². The number of rotatable bonds is 5. The Labute approximate surface area is 282 Å². The number of hydrogen-bond donors (Lipinski definition) is 1.